The third-order valence-electron chi connectivity index (χ3n) is 3.77. The van der Waals surface area contributed by atoms with E-state index in [1.54, 1.807) is 19.1 Å². The van der Waals surface area contributed by atoms with Crippen molar-refractivity contribution < 1.29 is 14.6 Å². The van der Waals surface area contributed by atoms with Crippen LogP contribution in [0.25, 0.3) is 5.70 Å². The van der Waals surface area contributed by atoms with Gasteiger partial charge in [-0.2, -0.15) is 0 Å². The summed E-state index contributed by atoms with van der Waals surface area (Å²) in [6.07, 6.45) is 4.09. The maximum Gasteiger partial charge on any atom is 0.332 e. The molecule has 0 fully saturated rings. The van der Waals surface area contributed by atoms with E-state index in [0.717, 1.165) is 16.8 Å². The summed E-state index contributed by atoms with van der Waals surface area (Å²) >= 11 is 0. The summed E-state index contributed by atoms with van der Waals surface area (Å²) in [4.78, 5) is 12.0. The average molecular weight is 351 g/mol. The van der Waals surface area contributed by atoms with Gasteiger partial charge < -0.3 is 15.2 Å². The molecule has 0 unspecified atom stereocenters. The van der Waals surface area contributed by atoms with Crippen LogP contribution in [-0.4, -0.2) is 17.7 Å². The molecule has 2 aromatic carbocycles. The Hall–Kier alpha value is -3.01. The standard InChI is InChI=1S/C22H25NO3/c1-4-26-22(25)15-20(17-9-6-5-7-10-17)23-19-11-8-12-21(24)18(19)14-13-16(2)3/h5-13,15,23-24H,4,14H2,1-3H3/b20-15+. The number of aromatic hydroxyl groups is 1. The van der Waals surface area contributed by atoms with Crippen molar-refractivity contribution in [3.63, 3.8) is 0 Å². The zero-order valence-electron chi connectivity index (χ0n) is 15.5. The minimum atomic E-state index is -0.412. The molecule has 4 heteroatoms. The molecule has 2 rings (SSSR count). The van der Waals surface area contributed by atoms with E-state index >= 15 is 0 Å². The zero-order valence-corrected chi connectivity index (χ0v) is 15.5. The van der Waals surface area contributed by atoms with Gasteiger partial charge in [0.1, 0.15) is 5.75 Å². The molecule has 0 aliphatic heterocycles. The van der Waals surface area contributed by atoms with Crippen LogP contribution < -0.4 is 5.32 Å². The number of hydrogen-bond acceptors (Lipinski definition) is 4. The van der Waals surface area contributed by atoms with Crippen LogP contribution in [0.15, 0.2) is 66.3 Å². The summed E-state index contributed by atoms with van der Waals surface area (Å²) in [5.41, 5.74) is 4.18. The minimum absolute atomic E-state index is 0.219. The Morgan fingerprint density at radius 3 is 2.50 bits per heavy atom. The summed E-state index contributed by atoms with van der Waals surface area (Å²) in [5.74, 6) is -0.194. The molecule has 0 saturated heterocycles. The van der Waals surface area contributed by atoms with Gasteiger partial charge in [0.2, 0.25) is 0 Å². The summed E-state index contributed by atoms with van der Waals surface area (Å²) in [6.45, 7) is 6.12. The van der Waals surface area contributed by atoms with Crippen molar-refractivity contribution in [2.45, 2.75) is 27.2 Å². The van der Waals surface area contributed by atoms with Gasteiger partial charge in [-0.3, -0.25) is 0 Å². The molecular weight excluding hydrogens is 326 g/mol. The number of carbonyl (C=O) groups excluding carboxylic acids is 1. The lowest BCUT2D eigenvalue weighted by atomic mass is 10.0. The Morgan fingerprint density at radius 1 is 1.12 bits per heavy atom. The first-order valence-corrected chi connectivity index (χ1v) is 8.66. The first kappa shape index (κ1) is 19.3. The number of phenols is 1. The molecule has 0 amide bonds. The highest BCUT2D eigenvalue weighted by molar-refractivity contribution is 5.94. The summed E-state index contributed by atoms with van der Waals surface area (Å²) in [5, 5.41) is 13.6. The lowest BCUT2D eigenvalue weighted by Gasteiger charge is -2.16. The van der Waals surface area contributed by atoms with Crippen molar-refractivity contribution in [1.29, 1.82) is 0 Å². The number of benzene rings is 2. The highest BCUT2D eigenvalue weighted by Gasteiger charge is 2.11. The minimum Gasteiger partial charge on any atom is -0.508 e. The van der Waals surface area contributed by atoms with E-state index in [0.29, 0.717) is 18.7 Å². The Morgan fingerprint density at radius 2 is 1.85 bits per heavy atom. The second kappa shape index (κ2) is 9.47. The van der Waals surface area contributed by atoms with E-state index < -0.39 is 5.97 Å². The Kier molecular flexibility index (Phi) is 7.03. The van der Waals surface area contributed by atoms with Gasteiger partial charge in [-0.25, -0.2) is 4.79 Å². The molecular formula is C22H25NO3. The van der Waals surface area contributed by atoms with E-state index in [9.17, 15) is 9.90 Å². The fourth-order valence-electron chi connectivity index (χ4n) is 2.47. The van der Waals surface area contributed by atoms with Gasteiger partial charge in [-0.15, -0.1) is 0 Å². The normalized spacial score (nSPS) is 11.0. The Balaban J connectivity index is 2.41. The molecule has 0 aromatic heterocycles. The first-order valence-electron chi connectivity index (χ1n) is 8.66. The summed E-state index contributed by atoms with van der Waals surface area (Å²) in [6, 6.07) is 14.9. The van der Waals surface area contributed by atoms with Gasteiger partial charge in [0.15, 0.2) is 0 Å². The number of allylic oxidation sites excluding steroid dienone is 2. The maximum atomic E-state index is 12.0. The van der Waals surface area contributed by atoms with Crippen LogP contribution in [0.4, 0.5) is 5.69 Å². The van der Waals surface area contributed by atoms with Gasteiger partial charge in [0, 0.05) is 17.3 Å². The van der Waals surface area contributed by atoms with Crippen LogP contribution >= 0.6 is 0 Å². The molecule has 0 aliphatic carbocycles. The van der Waals surface area contributed by atoms with Crippen LogP contribution in [-0.2, 0) is 16.0 Å². The third-order valence-corrected chi connectivity index (χ3v) is 3.77. The van der Waals surface area contributed by atoms with Crippen molar-refractivity contribution in [3.05, 3.63) is 77.4 Å². The van der Waals surface area contributed by atoms with E-state index in [1.165, 1.54) is 11.6 Å². The highest BCUT2D eigenvalue weighted by Crippen LogP contribution is 2.29. The molecule has 2 N–H and O–H groups in total. The molecule has 0 aliphatic rings. The predicted octanol–water partition coefficient (Wildman–Crippen LogP) is 4.92. The molecule has 26 heavy (non-hydrogen) atoms. The number of carbonyl (C=O) groups is 1. The lowest BCUT2D eigenvalue weighted by molar-refractivity contribution is -0.137. The molecule has 0 saturated carbocycles. The van der Waals surface area contributed by atoms with Crippen molar-refractivity contribution in [2.75, 3.05) is 11.9 Å². The maximum absolute atomic E-state index is 12.0. The SMILES string of the molecule is CCOC(=O)/C=C(/Nc1cccc(O)c1CC=C(C)C)c1ccccc1. The molecule has 4 nitrogen and oxygen atoms in total. The number of hydrogen-bond donors (Lipinski definition) is 2. The highest BCUT2D eigenvalue weighted by atomic mass is 16.5. The van der Waals surface area contributed by atoms with Gasteiger partial charge in [-0.1, -0.05) is 48.0 Å². The zero-order chi connectivity index (χ0) is 18.9. The fraction of sp³-hybridized carbons (Fsp3) is 0.227. The van der Waals surface area contributed by atoms with Crippen molar-refractivity contribution in [3.8, 4) is 5.75 Å². The molecule has 2 aromatic rings. The van der Waals surface area contributed by atoms with Gasteiger partial charge in [-0.05, 0) is 44.9 Å². The number of nitrogens with one attached hydrogen (secondary N) is 1. The number of ether oxygens (including phenoxy) is 1. The van der Waals surface area contributed by atoms with Crippen LogP contribution in [0, 0.1) is 0 Å². The van der Waals surface area contributed by atoms with Crippen molar-refractivity contribution in [2.24, 2.45) is 0 Å². The topological polar surface area (TPSA) is 58.6 Å². The Labute approximate surface area is 154 Å². The fourth-order valence-corrected chi connectivity index (χ4v) is 2.47. The number of anilines is 1. The van der Waals surface area contributed by atoms with E-state index in [1.807, 2.05) is 50.2 Å². The second-order valence-corrected chi connectivity index (χ2v) is 6.09. The van der Waals surface area contributed by atoms with Crippen molar-refractivity contribution >= 4 is 17.4 Å². The number of esters is 1. The third kappa shape index (κ3) is 5.52. The average Bonchev–Trinajstić information content (AvgIpc) is 2.61. The van der Waals surface area contributed by atoms with Crippen LogP contribution in [0.5, 0.6) is 5.75 Å². The molecule has 0 heterocycles. The van der Waals surface area contributed by atoms with Crippen molar-refractivity contribution in [1.82, 2.24) is 0 Å². The molecule has 0 radical (unpaired) electrons. The van der Waals surface area contributed by atoms with Crippen LogP contribution in [0.2, 0.25) is 0 Å². The van der Waals surface area contributed by atoms with Gasteiger partial charge in [0.25, 0.3) is 0 Å². The molecule has 0 bridgehead atoms. The van der Waals surface area contributed by atoms with Gasteiger partial charge >= 0.3 is 5.97 Å². The number of rotatable bonds is 7. The largest absolute Gasteiger partial charge is 0.508 e. The molecule has 136 valence electrons. The quantitative estimate of drug-likeness (QED) is 0.422. The predicted molar refractivity (Wildman–Crippen MR) is 106 cm³/mol. The Bertz CT molecular complexity index is 803. The van der Waals surface area contributed by atoms with Crippen LogP contribution in [0.1, 0.15) is 31.9 Å². The number of phenolic OH excluding ortho intramolecular Hbond substituents is 1. The molecule has 0 spiro atoms. The van der Waals surface area contributed by atoms with Gasteiger partial charge in [0.05, 0.1) is 12.3 Å². The second-order valence-electron chi connectivity index (χ2n) is 6.09. The van der Waals surface area contributed by atoms with E-state index in [4.69, 9.17) is 4.74 Å². The van der Waals surface area contributed by atoms with E-state index in [-0.39, 0.29) is 5.75 Å². The van der Waals surface area contributed by atoms with E-state index in [2.05, 4.69) is 11.4 Å². The monoisotopic (exact) mass is 351 g/mol. The first-order chi connectivity index (χ1) is 12.5. The summed E-state index contributed by atoms with van der Waals surface area (Å²) in [7, 11) is 0. The lowest BCUT2D eigenvalue weighted by Crippen LogP contribution is -2.07. The summed E-state index contributed by atoms with van der Waals surface area (Å²) < 4.78 is 5.05. The smallest absolute Gasteiger partial charge is 0.332 e. The van der Waals surface area contributed by atoms with Crippen LogP contribution in [0.3, 0.4) is 0 Å². The molecule has 0 atom stereocenters.